The highest BCUT2D eigenvalue weighted by Gasteiger charge is 2.11. The highest BCUT2D eigenvalue weighted by molar-refractivity contribution is 9.10. The Labute approximate surface area is 146 Å². The van der Waals surface area contributed by atoms with E-state index in [1.54, 1.807) is 23.2 Å². The van der Waals surface area contributed by atoms with E-state index in [2.05, 4.69) is 31.3 Å². The molecular formula is C14H17BrN4O3S. The van der Waals surface area contributed by atoms with Crippen molar-refractivity contribution in [2.24, 2.45) is 0 Å². The summed E-state index contributed by atoms with van der Waals surface area (Å²) in [5, 5.41) is 9.12. The van der Waals surface area contributed by atoms with Crippen LogP contribution in [0.5, 0.6) is 0 Å². The van der Waals surface area contributed by atoms with Crippen LogP contribution in [-0.2, 0) is 27.3 Å². The van der Waals surface area contributed by atoms with Gasteiger partial charge in [-0.1, -0.05) is 0 Å². The minimum atomic E-state index is -0.324. The molecule has 7 nitrogen and oxygen atoms in total. The Hall–Kier alpha value is -1.74. The van der Waals surface area contributed by atoms with E-state index in [0.29, 0.717) is 30.4 Å². The van der Waals surface area contributed by atoms with Crippen molar-refractivity contribution in [3.8, 4) is 0 Å². The SMILES string of the molecule is CCOC(=O)Cc1csc(NC(=O)CCn2ncc(Br)c2C)n1. The number of amides is 1. The molecule has 0 aliphatic heterocycles. The molecule has 2 heterocycles. The van der Waals surface area contributed by atoms with Crippen molar-refractivity contribution in [3.63, 3.8) is 0 Å². The molecule has 2 rings (SSSR count). The number of aromatic nitrogens is 3. The average Bonchev–Trinajstić information content (AvgIpc) is 3.05. The summed E-state index contributed by atoms with van der Waals surface area (Å²) in [6, 6.07) is 0. The molecule has 0 saturated heterocycles. The Morgan fingerprint density at radius 1 is 1.48 bits per heavy atom. The van der Waals surface area contributed by atoms with E-state index in [9.17, 15) is 9.59 Å². The van der Waals surface area contributed by atoms with Crippen molar-refractivity contribution in [2.75, 3.05) is 11.9 Å². The molecule has 0 radical (unpaired) electrons. The van der Waals surface area contributed by atoms with Crippen LogP contribution in [0.2, 0.25) is 0 Å². The predicted octanol–water partition coefficient (Wildman–Crippen LogP) is 2.54. The lowest BCUT2D eigenvalue weighted by molar-refractivity contribution is -0.142. The molecule has 0 bridgehead atoms. The first-order chi connectivity index (χ1) is 11.0. The van der Waals surface area contributed by atoms with Gasteiger partial charge in [-0.15, -0.1) is 11.3 Å². The fourth-order valence-corrected chi connectivity index (χ4v) is 2.87. The maximum atomic E-state index is 11.9. The summed E-state index contributed by atoms with van der Waals surface area (Å²) < 4.78 is 7.54. The van der Waals surface area contributed by atoms with Crippen molar-refractivity contribution < 1.29 is 14.3 Å². The number of esters is 1. The second-order valence-corrected chi connectivity index (χ2v) is 6.44. The lowest BCUT2D eigenvalue weighted by Crippen LogP contribution is -2.15. The van der Waals surface area contributed by atoms with Crippen LogP contribution in [0.15, 0.2) is 16.0 Å². The molecule has 0 fully saturated rings. The molecule has 1 N–H and O–H groups in total. The van der Waals surface area contributed by atoms with Crippen molar-refractivity contribution in [3.05, 3.63) is 27.4 Å². The summed E-state index contributed by atoms with van der Waals surface area (Å²) in [5.74, 6) is -0.469. The standard InChI is InChI=1S/C14H17BrN4O3S/c1-3-22-13(21)6-10-8-23-14(17-10)18-12(20)4-5-19-9(2)11(15)7-16-19/h7-8H,3-6H2,1-2H3,(H,17,18,20). The molecule has 23 heavy (non-hydrogen) atoms. The summed E-state index contributed by atoms with van der Waals surface area (Å²) in [6.45, 7) is 4.52. The van der Waals surface area contributed by atoms with E-state index < -0.39 is 0 Å². The van der Waals surface area contributed by atoms with Crippen molar-refractivity contribution >= 4 is 44.3 Å². The van der Waals surface area contributed by atoms with Crippen LogP contribution in [0.4, 0.5) is 5.13 Å². The van der Waals surface area contributed by atoms with Crippen LogP contribution < -0.4 is 5.32 Å². The quantitative estimate of drug-likeness (QED) is 0.721. The summed E-state index contributed by atoms with van der Waals surface area (Å²) in [7, 11) is 0. The number of hydrogen-bond donors (Lipinski definition) is 1. The van der Waals surface area contributed by atoms with Gasteiger partial charge in [-0.05, 0) is 29.8 Å². The lowest BCUT2D eigenvalue weighted by Gasteiger charge is -2.04. The lowest BCUT2D eigenvalue weighted by atomic mass is 10.3. The smallest absolute Gasteiger partial charge is 0.311 e. The summed E-state index contributed by atoms with van der Waals surface area (Å²) in [6.07, 6.45) is 2.11. The van der Waals surface area contributed by atoms with Gasteiger partial charge in [0.05, 0.1) is 35.9 Å². The Morgan fingerprint density at radius 2 is 2.26 bits per heavy atom. The fraction of sp³-hybridized carbons (Fsp3) is 0.429. The van der Waals surface area contributed by atoms with Crippen LogP contribution in [0.3, 0.4) is 0 Å². The van der Waals surface area contributed by atoms with E-state index >= 15 is 0 Å². The van der Waals surface area contributed by atoms with Gasteiger partial charge in [-0.2, -0.15) is 5.10 Å². The van der Waals surface area contributed by atoms with Crippen LogP contribution in [-0.4, -0.2) is 33.2 Å². The Morgan fingerprint density at radius 3 is 2.91 bits per heavy atom. The number of carbonyl (C=O) groups is 2. The summed E-state index contributed by atoms with van der Waals surface area (Å²) >= 11 is 4.67. The number of ether oxygens (including phenoxy) is 1. The average molecular weight is 401 g/mol. The maximum Gasteiger partial charge on any atom is 0.311 e. The van der Waals surface area contributed by atoms with Crippen LogP contribution in [0.1, 0.15) is 24.7 Å². The first-order valence-electron chi connectivity index (χ1n) is 7.07. The van der Waals surface area contributed by atoms with E-state index in [1.807, 2.05) is 6.92 Å². The predicted molar refractivity (Wildman–Crippen MR) is 90.4 cm³/mol. The third-order valence-electron chi connectivity index (χ3n) is 3.02. The maximum absolute atomic E-state index is 11.9. The number of hydrogen-bond acceptors (Lipinski definition) is 6. The molecule has 0 spiro atoms. The minimum absolute atomic E-state index is 0.112. The monoisotopic (exact) mass is 400 g/mol. The summed E-state index contributed by atoms with van der Waals surface area (Å²) in [5.41, 5.74) is 1.57. The second kappa shape index (κ2) is 8.21. The van der Waals surface area contributed by atoms with Gasteiger partial charge in [0.15, 0.2) is 5.13 Å². The molecule has 0 unspecified atom stereocenters. The largest absolute Gasteiger partial charge is 0.466 e. The zero-order valence-electron chi connectivity index (χ0n) is 12.8. The van der Waals surface area contributed by atoms with Gasteiger partial charge in [-0.3, -0.25) is 14.3 Å². The van der Waals surface area contributed by atoms with Gasteiger partial charge >= 0.3 is 5.97 Å². The summed E-state index contributed by atoms with van der Waals surface area (Å²) in [4.78, 5) is 27.5. The van der Waals surface area contributed by atoms with Crippen molar-refractivity contribution in [1.82, 2.24) is 14.8 Å². The molecule has 0 aliphatic rings. The van der Waals surface area contributed by atoms with Crippen molar-refractivity contribution in [2.45, 2.75) is 33.2 Å². The highest BCUT2D eigenvalue weighted by atomic mass is 79.9. The molecule has 124 valence electrons. The van der Waals surface area contributed by atoms with Gasteiger partial charge in [0.25, 0.3) is 0 Å². The van der Waals surface area contributed by atoms with Crippen LogP contribution in [0, 0.1) is 6.92 Å². The Kier molecular flexibility index (Phi) is 6.28. The molecule has 1 amide bonds. The van der Waals surface area contributed by atoms with Gasteiger partial charge in [0, 0.05) is 17.5 Å². The van der Waals surface area contributed by atoms with Gasteiger partial charge in [-0.25, -0.2) is 4.98 Å². The van der Waals surface area contributed by atoms with Gasteiger partial charge < -0.3 is 10.1 Å². The number of halogens is 1. The molecule has 9 heteroatoms. The number of aryl methyl sites for hydroxylation is 1. The topological polar surface area (TPSA) is 86.1 Å². The molecule has 0 aromatic carbocycles. The molecule has 2 aromatic heterocycles. The molecule has 0 saturated carbocycles. The molecular weight excluding hydrogens is 384 g/mol. The van der Waals surface area contributed by atoms with Gasteiger partial charge in [0.2, 0.25) is 5.91 Å². The van der Waals surface area contributed by atoms with Crippen molar-refractivity contribution in [1.29, 1.82) is 0 Å². The number of carbonyl (C=O) groups excluding carboxylic acids is 2. The molecule has 0 aliphatic carbocycles. The van der Waals surface area contributed by atoms with E-state index in [-0.39, 0.29) is 18.3 Å². The number of nitrogens with zero attached hydrogens (tertiary/aromatic N) is 3. The third kappa shape index (κ3) is 5.14. The number of thiazole rings is 1. The molecule has 2 aromatic rings. The second-order valence-electron chi connectivity index (χ2n) is 4.73. The normalized spacial score (nSPS) is 10.6. The minimum Gasteiger partial charge on any atom is -0.466 e. The number of rotatable bonds is 7. The number of nitrogens with one attached hydrogen (secondary N) is 1. The first-order valence-corrected chi connectivity index (χ1v) is 8.74. The zero-order chi connectivity index (χ0) is 16.8. The Bertz CT molecular complexity index is 698. The van der Waals surface area contributed by atoms with E-state index in [4.69, 9.17) is 4.74 Å². The van der Waals surface area contributed by atoms with Gasteiger partial charge in [0.1, 0.15) is 0 Å². The molecule has 0 atom stereocenters. The van der Waals surface area contributed by atoms with Crippen LogP contribution >= 0.6 is 27.3 Å². The van der Waals surface area contributed by atoms with Crippen LogP contribution in [0.25, 0.3) is 0 Å². The highest BCUT2D eigenvalue weighted by Crippen LogP contribution is 2.17. The van der Waals surface area contributed by atoms with E-state index in [1.165, 1.54) is 11.3 Å². The fourth-order valence-electron chi connectivity index (χ4n) is 1.84. The zero-order valence-corrected chi connectivity index (χ0v) is 15.2. The Balaban J connectivity index is 1.82. The first kappa shape index (κ1) is 17.6. The van der Waals surface area contributed by atoms with E-state index in [0.717, 1.165) is 10.2 Å². The third-order valence-corrected chi connectivity index (χ3v) is 4.61. The number of anilines is 1.